The van der Waals surface area contributed by atoms with E-state index in [1.54, 1.807) is 10.6 Å². The Hall–Kier alpha value is -2.12. The lowest BCUT2D eigenvalue weighted by Crippen LogP contribution is -2.31. The number of nitrogens with zero attached hydrogens (tertiary/aromatic N) is 2. The van der Waals surface area contributed by atoms with E-state index in [0.717, 1.165) is 29.3 Å². The average Bonchev–Trinajstić information content (AvgIpc) is 3.54. The summed E-state index contributed by atoms with van der Waals surface area (Å²) in [6, 6.07) is 15.5. The van der Waals surface area contributed by atoms with Crippen LogP contribution in [0, 0.1) is 0 Å². The number of benzene rings is 2. The number of amides is 1. The summed E-state index contributed by atoms with van der Waals surface area (Å²) >= 11 is 4.78. The summed E-state index contributed by atoms with van der Waals surface area (Å²) < 4.78 is 2.54. The van der Waals surface area contributed by atoms with E-state index >= 15 is 0 Å². The molecule has 1 amide bonds. The highest BCUT2D eigenvalue weighted by Gasteiger charge is 2.30. The lowest BCUT2D eigenvalue weighted by molar-refractivity contribution is -0.120. The van der Waals surface area contributed by atoms with E-state index < -0.39 is 5.25 Å². The van der Waals surface area contributed by atoms with E-state index in [9.17, 15) is 9.59 Å². The summed E-state index contributed by atoms with van der Waals surface area (Å²) in [4.78, 5) is 30.9. The van der Waals surface area contributed by atoms with E-state index in [-0.39, 0.29) is 17.5 Å². The number of carbonyl (C=O) groups is 1. The van der Waals surface area contributed by atoms with Gasteiger partial charge in [-0.15, -0.1) is 0 Å². The van der Waals surface area contributed by atoms with Gasteiger partial charge in [-0.3, -0.25) is 14.2 Å². The van der Waals surface area contributed by atoms with Crippen LogP contribution in [0.1, 0.15) is 37.0 Å². The van der Waals surface area contributed by atoms with Crippen LogP contribution < -0.4 is 10.9 Å². The molecule has 0 radical (unpaired) electrons. The van der Waals surface area contributed by atoms with Crippen molar-refractivity contribution in [2.24, 2.45) is 0 Å². The number of aromatic nitrogens is 2. The summed E-state index contributed by atoms with van der Waals surface area (Å²) in [7, 11) is 0. The molecule has 1 N–H and O–H groups in total. The highest BCUT2D eigenvalue weighted by Crippen LogP contribution is 2.36. The van der Waals surface area contributed by atoms with Crippen molar-refractivity contribution in [2.45, 2.75) is 49.2 Å². The topological polar surface area (TPSA) is 64.0 Å². The van der Waals surface area contributed by atoms with Gasteiger partial charge >= 0.3 is 0 Å². The van der Waals surface area contributed by atoms with Crippen molar-refractivity contribution in [1.29, 1.82) is 0 Å². The third-order valence-corrected chi connectivity index (χ3v) is 6.55. The van der Waals surface area contributed by atoms with Crippen LogP contribution >= 0.6 is 27.7 Å². The molecule has 0 saturated heterocycles. The van der Waals surface area contributed by atoms with E-state index in [2.05, 4.69) is 21.2 Å². The molecule has 29 heavy (non-hydrogen) atoms. The van der Waals surface area contributed by atoms with Crippen molar-refractivity contribution >= 4 is 44.5 Å². The van der Waals surface area contributed by atoms with Crippen LogP contribution in [0.2, 0.25) is 0 Å². The second-order valence-electron chi connectivity index (χ2n) is 7.20. The van der Waals surface area contributed by atoms with Crippen LogP contribution in [-0.2, 0) is 11.3 Å². The maximum Gasteiger partial charge on any atom is 0.262 e. The van der Waals surface area contributed by atoms with E-state index in [1.165, 1.54) is 11.8 Å². The first-order valence-electron chi connectivity index (χ1n) is 9.79. The van der Waals surface area contributed by atoms with Gasteiger partial charge in [0.1, 0.15) is 5.25 Å². The minimum Gasteiger partial charge on any atom is -0.352 e. The minimum atomic E-state index is -0.459. The molecule has 0 spiro atoms. The van der Waals surface area contributed by atoms with Crippen molar-refractivity contribution < 1.29 is 4.79 Å². The van der Waals surface area contributed by atoms with Gasteiger partial charge in [-0.1, -0.05) is 64.9 Å². The third kappa shape index (κ3) is 4.56. The summed E-state index contributed by atoms with van der Waals surface area (Å²) in [5, 5.41) is 3.80. The first-order chi connectivity index (χ1) is 14.1. The zero-order valence-corrected chi connectivity index (χ0v) is 18.5. The fraction of sp³-hybridized carbons (Fsp3) is 0.318. The molecule has 150 valence electrons. The highest BCUT2D eigenvalue weighted by atomic mass is 79.9. The fourth-order valence-electron chi connectivity index (χ4n) is 3.19. The average molecular weight is 472 g/mol. The summed E-state index contributed by atoms with van der Waals surface area (Å²) in [6.45, 7) is 2.59. The zero-order valence-electron chi connectivity index (χ0n) is 16.1. The Balaban J connectivity index is 1.78. The van der Waals surface area contributed by atoms with Crippen molar-refractivity contribution in [3.8, 4) is 0 Å². The maximum atomic E-state index is 13.2. The quantitative estimate of drug-likeness (QED) is 0.401. The predicted octanol–water partition coefficient (Wildman–Crippen LogP) is 4.68. The Morgan fingerprint density at radius 1 is 1.28 bits per heavy atom. The van der Waals surface area contributed by atoms with Gasteiger partial charge in [0, 0.05) is 17.1 Å². The smallest absolute Gasteiger partial charge is 0.262 e. The highest BCUT2D eigenvalue weighted by molar-refractivity contribution is 9.10. The molecular formula is C22H22BrN3O2S. The van der Waals surface area contributed by atoms with Crippen molar-refractivity contribution in [1.82, 2.24) is 14.9 Å². The van der Waals surface area contributed by atoms with Crippen LogP contribution in [0.4, 0.5) is 0 Å². The molecule has 1 aromatic heterocycles. The molecule has 2 aromatic carbocycles. The van der Waals surface area contributed by atoms with E-state index in [0.29, 0.717) is 22.6 Å². The second-order valence-corrected chi connectivity index (χ2v) is 9.19. The lowest BCUT2D eigenvalue weighted by atomic mass is 10.1. The Labute approximate surface area is 182 Å². The molecule has 1 saturated carbocycles. The van der Waals surface area contributed by atoms with Crippen molar-refractivity contribution in [2.75, 3.05) is 0 Å². The van der Waals surface area contributed by atoms with Gasteiger partial charge in [0.05, 0.1) is 10.9 Å². The number of hydrogen-bond donors (Lipinski definition) is 1. The molecule has 5 nitrogen and oxygen atoms in total. The SMILES string of the molecule is CCCn1c(SC(C(=O)NC2CC2)c2ccccc2)nc2ccc(Br)cc2c1=O. The molecule has 1 fully saturated rings. The standard InChI is InChI=1S/C22H22BrN3O2S/c1-2-12-26-21(28)17-13-15(23)8-11-18(17)25-22(26)29-19(14-6-4-3-5-7-14)20(27)24-16-9-10-16/h3-8,11,13,16,19H,2,9-10,12H2,1H3,(H,24,27). The molecule has 1 heterocycles. The van der Waals surface area contributed by atoms with Crippen LogP contribution in [0.5, 0.6) is 0 Å². The van der Waals surface area contributed by atoms with Gasteiger partial charge < -0.3 is 5.32 Å². The monoisotopic (exact) mass is 471 g/mol. The Morgan fingerprint density at radius 2 is 2.03 bits per heavy atom. The number of hydrogen-bond acceptors (Lipinski definition) is 4. The molecule has 7 heteroatoms. The lowest BCUT2D eigenvalue weighted by Gasteiger charge is -2.19. The number of halogens is 1. The van der Waals surface area contributed by atoms with Gasteiger partial charge in [-0.25, -0.2) is 4.98 Å². The molecule has 1 aliphatic carbocycles. The van der Waals surface area contributed by atoms with Gasteiger partial charge in [-0.05, 0) is 43.0 Å². The van der Waals surface area contributed by atoms with Crippen LogP contribution in [0.3, 0.4) is 0 Å². The molecule has 3 aromatic rings. The summed E-state index contributed by atoms with van der Waals surface area (Å²) in [6.07, 6.45) is 2.86. The number of thioether (sulfide) groups is 1. The molecule has 1 atom stereocenters. The fourth-order valence-corrected chi connectivity index (χ4v) is 4.69. The van der Waals surface area contributed by atoms with Crippen LogP contribution in [0.15, 0.2) is 63.0 Å². The molecule has 0 bridgehead atoms. The number of fused-ring (bicyclic) bond motifs is 1. The normalized spacial score (nSPS) is 14.7. The summed E-state index contributed by atoms with van der Waals surface area (Å²) in [5.74, 6) is -0.0306. The molecule has 1 aliphatic rings. The Kier molecular flexibility index (Phi) is 6.06. The first-order valence-corrected chi connectivity index (χ1v) is 11.5. The van der Waals surface area contributed by atoms with Gasteiger partial charge in [0.25, 0.3) is 5.56 Å². The Morgan fingerprint density at radius 3 is 2.72 bits per heavy atom. The van der Waals surface area contributed by atoms with E-state index in [1.807, 2.05) is 49.4 Å². The Bertz CT molecular complexity index is 1100. The van der Waals surface area contributed by atoms with Crippen LogP contribution in [-0.4, -0.2) is 21.5 Å². The van der Waals surface area contributed by atoms with Crippen molar-refractivity contribution in [3.63, 3.8) is 0 Å². The van der Waals surface area contributed by atoms with Crippen LogP contribution in [0.25, 0.3) is 10.9 Å². The summed E-state index contributed by atoms with van der Waals surface area (Å²) in [5.41, 5.74) is 1.47. The van der Waals surface area contributed by atoms with E-state index in [4.69, 9.17) is 4.98 Å². The predicted molar refractivity (Wildman–Crippen MR) is 120 cm³/mol. The number of carbonyl (C=O) groups excluding carboxylic acids is 1. The molecule has 0 aliphatic heterocycles. The molecule has 4 rings (SSSR count). The zero-order chi connectivity index (χ0) is 20.4. The number of nitrogens with one attached hydrogen (secondary N) is 1. The largest absolute Gasteiger partial charge is 0.352 e. The second kappa shape index (κ2) is 8.71. The molecule has 1 unspecified atom stereocenters. The minimum absolute atomic E-state index is 0.0306. The maximum absolute atomic E-state index is 13.2. The first kappa shape index (κ1) is 20.2. The molecular weight excluding hydrogens is 450 g/mol. The third-order valence-electron chi connectivity index (χ3n) is 4.82. The van der Waals surface area contributed by atoms with Gasteiger partial charge in [0.15, 0.2) is 5.16 Å². The van der Waals surface area contributed by atoms with Crippen molar-refractivity contribution in [3.05, 3.63) is 68.9 Å². The number of rotatable bonds is 7. The van der Waals surface area contributed by atoms with Gasteiger partial charge in [0.2, 0.25) is 5.91 Å². The van der Waals surface area contributed by atoms with Gasteiger partial charge in [-0.2, -0.15) is 0 Å².